The number of hydrogen-bond donors (Lipinski definition) is 2. The first-order valence-electron chi connectivity index (χ1n) is 5.26. The topological polar surface area (TPSA) is 57.5 Å². The normalized spacial score (nSPS) is 10.1. The third-order valence-corrected chi connectivity index (χ3v) is 2.50. The largest absolute Gasteiger partial charge is 0.507 e. The van der Waals surface area contributed by atoms with Crippen molar-refractivity contribution >= 4 is 5.97 Å². The average molecular weight is 228 g/mol. The summed E-state index contributed by atoms with van der Waals surface area (Å²) in [6.07, 6.45) is -0.0125. The summed E-state index contributed by atoms with van der Waals surface area (Å²) in [7, 11) is 0. The highest BCUT2D eigenvalue weighted by Crippen LogP contribution is 2.28. The van der Waals surface area contributed by atoms with Crippen LogP contribution in [0.3, 0.4) is 0 Å². The van der Waals surface area contributed by atoms with E-state index in [0.717, 1.165) is 11.1 Å². The number of hydrogen-bond acceptors (Lipinski definition) is 2. The van der Waals surface area contributed by atoms with Crippen LogP contribution in [0.15, 0.2) is 48.5 Å². The zero-order chi connectivity index (χ0) is 12.3. The van der Waals surface area contributed by atoms with E-state index in [4.69, 9.17) is 5.11 Å². The fourth-order valence-corrected chi connectivity index (χ4v) is 1.74. The van der Waals surface area contributed by atoms with Crippen LogP contribution in [-0.4, -0.2) is 16.2 Å². The molecule has 0 aliphatic rings. The molecule has 0 aromatic heterocycles. The molecule has 2 rings (SSSR count). The second kappa shape index (κ2) is 4.70. The van der Waals surface area contributed by atoms with Crippen LogP contribution in [0, 0.1) is 0 Å². The van der Waals surface area contributed by atoms with E-state index in [1.807, 2.05) is 12.1 Å². The minimum Gasteiger partial charge on any atom is -0.507 e. The van der Waals surface area contributed by atoms with Crippen LogP contribution in [0.5, 0.6) is 5.75 Å². The van der Waals surface area contributed by atoms with Crippen LogP contribution >= 0.6 is 0 Å². The third-order valence-electron chi connectivity index (χ3n) is 2.50. The van der Waals surface area contributed by atoms with E-state index in [0.29, 0.717) is 5.56 Å². The van der Waals surface area contributed by atoms with Crippen LogP contribution in [0.4, 0.5) is 0 Å². The summed E-state index contributed by atoms with van der Waals surface area (Å²) < 4.78 is 0. The fraction of sp³-hybridized carbons (Fsp3) is 0.0714. The Bertz CT molecular complexity index is 547. The maximum atomic E-state index is 10.6. The van der Waals surface area contributed by atoms with E-state index < -0.39 is 5.97 Å². The molecule has 86 valence electrons. The van der Waals surface area contributed by atoms with E-state index in [9.17, 15) is 9.90 Å². The molecule has 0 saturated heterocycles. The lowest BCUT2D eigenvalue weighted by atomic mass is 10.0. The van der Waals surface area contributed by atoms with Crippen molar-refractivity contribution in [2.45, 2.75) is 6.42 Å². The number of carbonyl (C=O) groups is 1. The zero-order valence-corrected chi connectivity index (χ0v) is 9.13. The predicted molar refractivity (Wildman–Crippen MR) is 64.9 cm³/mol. The van der Waals surface area contributed by atoms with Crippen molar-refractivity contribution in [3.63, 3.8) is 0 Å². The van der Waals surface area contributed by atoms with Gasteiger partial charge in [-0.25, -0.2) is 0 Å². The molecule has 0 fully saturated rings. The first kappa shape index (κ1) is 11.2. The summed E-state index contributed by atoms with van der Waals surface area (Å²) in [4.78, 5) is 10.6. The number of aromatic hydroxyl groups is 1. The molecule has 0 heterocycles. The number of carboxylic acids is 1. The molecule has 0 aliphatic carbocycles. The summed E-state index contributed by atoms with van der Waals surface area (Å²) in [5.41, 5.74) is 2.25. The van der Waals surface area contributed by atoms with Gasteiger partial charge in [0, 0.05) is 5.56 Å². The number of carboxylic acid groups (broad SMARTS) is 1. The number of benzene rings is 2. The van der Waals surface area contributed by atoms with Crippen molar-refractivity contribution in [3.05, 3.63) is 54.1 Å². The van der Waals surface area contributed by atoms with Gasteiger partial charge in [-0.15, -0.1) is 0 Å². The summed E-state index contributed by atoms with van der Waals surface area (Å²) in [6.45, 7) is 0. The lowest BCUT2D eigenvalue weighted by Crippen LogP contribution is -1.99. The van der Waals surface area contributed by atoms with E-state index in [1.165, 1.54) is 0 Å². The molecular formula is C14H12O3. The summed E-state index contributed by atoms with van der Waals surface area (Å²) >= 11 is 0. The van der Waals surface area contributed by atoms with Crippen molar-refractivity contribution in [2.24, 2.45) is 0 Å². The summed E-state index contributed by atoms with van der Waals surface area (Å²) in [6, 6.07) is 14.2. The molecule has 0 amide bonds. The van der Waals surface area contributed by atoms with Crippen molar-refractivity contribution in [1.29, 1.82) is 0 Å². The summed E-state index contributed by atoms with van der Waals surface area (Å²) in [5.74, 6) is -0.667. The van der Waals surface area contributed by atoms with Gasteiger partial charge >= 0.3 is 5.97 Å². The molecule has 3 nitrogen and oxygen atoms in total. The Morgan fingerprint density at radius 1 is 1.06 bits per heavy atom. The van der Waals surface area contributed by atoms with Crippen LogP contribution in [0.2, 0.25) is 0 Å². The minimum atomic E-state index is -0.862. The van der Waals surface area contributed by atoms with Gasteiger partial charge in [0.15, 0.2) is 0 Å². The Labute approximate surface area is 99.0 Å². The van der Waals surface area contributed by atoms with Gasteiger partial charge in [0.05, 0.1) is 6.42 Å². The molecule has 0 bridgehead atoms. The monoisotopic (exact) mass is 228 g/mol. The summed E-state index contributed by atoms with van der Waals surface area (Å²) in [5, 5.41) is 18.5. The quantitative estimate of drug-likeness (QED) is 0.849. The smallest absolute Gasteiger partial charge is 0.307 e. The number of aliphatic carboxylic acids is 1. The second-order valence-electron chi connectivity index (χ2n) is 3.79. The van der Waals surface area contributed by atoms with E-state index in [-0.39, 0.29) is 12.2 Å². The molecular weight excluding hydrogens is 216 g/mol. The van der Waals surface area contributed by atoms with Crippen LogP contribution in [0.25, 0.3) is 11.1 Å². The molecule has 0 saturated carbocycles. The Morgan fingerprint density at radius 3 is 2.53 bits per heavy atom. The van der Waals surface area contributed by atoms with E-state index in [2.05, 4.69) is 0 Å². The van der Waals surface area contributed by atoms with Crippen LogP contribution in [0.1, 0.15) is 5.56 Å². The van der Waals surface area contributed by atoms with E-state index >= 15 is 0 Å². The van der Waals surface area contributed by atoms with Crippen molar-refractivity contribution < 1.29 is 15.0 Å². The molecule has 2 aromatic rings. The first-order valence-corrected chi connectivity index (χ1v) is 5.26. The maximum absolute atomic E-state index is 10.6. The van der Waals surface area contributed by atoms with Crippen molar-refractivity contribution in [3.8, 4) is 16.9 Å². The zero-order valence-electron chi connectivity index (χ0n) is 9.13. The number of para-hydroxylation sites is 1. The Balaban J connectivity index is 2.40. The molecule has 2 N–H and O–H groups in total. The van der Waals surface area contributed by atoms with Gasteiger partial charge in [-0.05, 0) is 17.2 Å². The SMILES string of the molecule is O=C(O)Cc1cccc(-c2ccccc2O)c1. The second-order valence-corrected chi connectivity index (χ2v) is 3.79. The number of phenolic OH excluding ortho intramolecular Hbond substituents is 1. The van der Waals surface area contributed by atoms with Gasteiger partial charge in [-0.3, -0.25) is 4.79 Å². The highest BCUT2D eigenvalue weighted by atomic mass is 16.4. The number of phenols is 1. The molecule has 0 atom stereocenters. The third kappa shape index (κ3) is 2.64. The Hall–Kier alpha value is -2.29. The predicted octanol–water partition coefficient (Wildman–Crippen LogP) is 2.69. The Kier molecular flexibility index (Phi) is 3.10. The standard InChI is InChI=1S/C14H12O3/c15-13-7-2-1-6-12(13)11-5-3-4-10(8-11)9-14(16)17/h1-8,15H,9H2,(H,16,17). The highest BCUT2D eigenvalue weighted by Gasteiger charge is 2.05. The van der Waals surface area contributed by atoms with Crippen molar-refractivity contribution in [2.75, 3.05) is 0 Å². The molecule has 0 aliphatic heterocycles. The van der Waals surface area contributed by atoms with Gasteiger partial charge < -0.3 is 10.2 Å². The van der Waals surface area contributed by atoms with Crippen LogP contribution in [-0.2, 0) is 11.2 Å². The van der Waals surface area contributed by atoms with Crippen molar-refractivity contribution in [1.82, 2.24) is 0 Å². The van der Waals surface area contributed by atoms with Gasteiger partial charge in [0.1, 0.15) is 5.75 Å². The number of rotatable bonds is 3. The maximum Gasteiger partial charge on any atom is 0.307 e. The molecule has 3 heteroatoms. The molecule has 17 heavy (non-hydrogen) atoms. The molecule has 0 unspecified atom stereocenters. The molecule has 2 aromatic carbocycles. The highest BCUT2D eigenvalue weighted by molar-refractivity contribution is 5.74. The van der Waals surface area contributed by atoms with Crippen LogP contribution < -0.4 is 0 Å². The Morgan fingerprint density at radius 2 is 1.82 bits per heavy atom. The lowest BCUT2D eigenvalue weighted by molar-refractivity contribution is -0.136. The lowest BCUT2D eigenvalue weighted by Gasteiger charge is -2.06. The van der Waals surface area contributed by atoms with Gasteiger partial charge in [-0.1, -0.05) is 42.5 Å². The van der Waals surface area contributed by atoms with Gasteiger partial charge in [0.2, 0.25) is 0 Å². The first-order chi connectivity index (χ1) is 8.16. The van der Waals surface area contributed by atoms with E-state index in [1.54, 1.807) is 36.4 Å². The average Bonchev–Trinajstić information content (AvgIpc) is 2.29. The van der Waals surface area contributed by atoms with Gasteiger partial charge in [0.25, 0.3) is 0 Å². The molecule has 0 spiro atoms. The fourth-order valence-electron chi connectivity index (χ4n) is 1.74. The minimum absolute atomic E-state index is 0.0125. The van der Waals surface area contributed by atoms with Gasteiger partial charge in [-0.2, -0.15) is 0 Å². The molecule has 0 radical (unpaired) electrons.